The van der Waals surface area contributed by atoms with Crippen LogP contribution in [0.25, 0.3) is 0 Å². The molecule has 0 radical (unpaired) electrons. The van der Waals surface area contributed by atoms with Crippen molar-refractivity contribution in [3.05, 3.63) is 23.8 Å². The van der Waals surface area contributed by atoms with E-state index < -0.39 is 47.9 Å². The van der Waals surface area contributed by atoms with E-state index in [-0.39, 0.29) is 42.9 Å². The summed E-state index contributed by atoms with van der Waals surface area (Å²) in [6.45, 7) is 2.02. The number of aromatic nitrogens is 2. The van der Waals surface area contributed by atoms with E-state index >= 15 is 0 Å². The van der Waals surface area contributed by atoms with Crippen molar-refractivity contribution in [1.29, 1.82) is 0 Å². The molecule has 2 aliphatic carbocycles. The molecule has 1 aromatic rings. The van der Waals surface area contributed by atoms with Crippen LogP contribution in [0.15, 0.2) is 12.4 Å². The van der Waals surface area contributed by atoms with E-state index in [1.165, 1.54) is 0 Å². The van der Waals surface area contributed by atoms with Gasteiger partial charge in [-0.1, -0.05) is 0 Å². The Bertz CT molecular complexity index is 1040. The van der Waals surface area contributed by atoms with Gasteiger partial charge >= 0.3 is 12.4 Å². The van der Waals surface area contributed by atoms with Crippen molar-refractivity contribution in [3.8, 4) is 0 Å². The highest BCUT2D eigenvalue weighted by molar-refractivity contribution is 5.84. The number of hydrogen-bond donors (Lipinski definition) is 3. The van der Waals surface area contributed by atoms with Crippen LogP contribution < -0.4 is 16.2 Å². The Labute approximate surface area is 214 Å². The highest BCUT2D eigenvalue weighted by Gasteiger charge is 2.61. The van der Waals surface area contributed by atoms with Crippen molar-refractivity contribution in [2.75, 3.05) is 19.7 Å². The number of nitrogens with one attached hydrogen (secondary N) is 3. The fourth-order valence-electron chi connectivity index (χ4n) is 6.13. The van der Waals surface area contributed by atoms with Gasteiger partial charge in [-0.15, -0.1) is 0 Å². The predicted molar refractivity (Wildman–Crippen MR) is 118 cm³/mol. The molecule has 3 heterocycles. The van der Waals surface area contributed by atoms with Crippen molar-refractivity contribution in [2.24, 2.45) is 17.8 Å². The predicted octanol–water partition coefficient (Wildman–Crippen LogP) is 1.76. The van der Waals surface area contributed by atoms with Crippen molar-refractivity contribution in [2.45, 2.75) is 68.7 Å². The summed E-state index contributed by atoms with van der Waals surface area (Å²) in [4.78, 5) is 34.3. The van der Waals surface area contributed by atoms with E-state index in [0.29, 0.717) is 31.6 Å². The molecule has 0 spiro atoms. The Morgan fingerprint density at radius 3 is 2.39 bits per heavy atom. The first-order valence-electron chi connectivity index (χ1n) is 12.5. The van der Waals surface area contributed by atoms with E-state index in [2.05, 4.69) is 20.7 Å². The molecule has 2 aliphatic heterocycles. The van der Waals surface area contributed by atoms with Gasteiger partial charge in [0.1, 0.15) is 11.9 Å². The third kappa shape index (κ3) is 5.32. The molecule has 1 aromatic heterocycles. The Hall–Kier alpha value is -2.52. The van der Waals surface area contributed by atoms with Crippen molar-refractivity contribution in [1.82, 2.24) is 31.0 Å². The summed E-state index contributed by atoms with van der Waals surface area (Å²) in [7, 11) is 0. The topological polar surface area (TPSA) is 108 Å². The molecule has 0 aromatic carbocycles. The van der Waals surface area contributed by atoms with Crippen LogP contribution in [0.1, 0.15) is 43.5 Å². The highest BCUT2D eigenvalue weighted by atomic mass is 19.4. The maximum Gasteiger partial charge on any atom is 0.419 e. The number of halogens is 6. The van der Waals surface area contributed by atoms with E-state index in [1.54, 1.807) is 11.8 Å². The van der Waals surface area contributed by atoms with Crippen LogP contribution in [0.3, 0.4) is 0 Å². The van der Waals surface area contributed by atoms with Crippen LogP contribution in [0.4, 0.5) is 26.3 Å². The van der Waals surface area contributed by atoms with Crippen LogP contribution in [0, 0.1) is 17.8 Å². The maximum atomic E-state index is 13.3. The highest BCUT2D eigenvalue weighted by Crippen LogP contribution is 2.60. The molecule has 5 rings (SSSR count). The Kier molecular flexibility index (Phi) is 7.05. The smallest absolute Gasteiger partial charge is 0.367 e. The van der Waals surface area contributed by atoms with Gasteiger partial charge in [0, 0.05) is 55.9 Å². The quantitative estimate of drug-likeness (QED) is 0.444. The average molecular weight is 551 g/mol. The molecule has 8 atom stereocenters. The number of fused-ring (bicyclic) bond motifs is 1. The number of hydrogen-bond acceptors (Lipinski definition) is 7. The normalized spacial score (nSPS) is 34.3. The summed E-state index contributed by atoms with van der Waals surface area (Å²) in [5, 5.41) is 2.79. The summed E-state index contributed by atoms with van der Waals surface area (Å²) in [6, 6.07) is -1.66. The van der Waals surface area contributed by atoms with Gasteiger partial charge in [0.2, 0.25) is 5.91 Å². The number of amides is 2. The third-order valence-electron chi connectivity index (χ3n) is 7.93. The molecule has 4 unspecified atom stereocenters. The zero-order valence-electron chi connectivity index (χ0n) is 20.4. The van der Waals surface area contributed by atoms with Crippen LogP contribution in [0.2, 0.25) is 0 Å². The monoisotopic (exact) mass is 550 g/mol. The van der Waals surface area contributed by atoms with Gasteiger partial charge in [-0.3, -0.25) is 15.0 Å². The van der Waals surface area contributed by atoms with Gasteiger partial charge in [-0.2, -0.15) is 26.3 Å². The molecule has 2 saturated carbocycles. The standard InChI is InChI=1S/C23H28F6N6O3/c1-10(33-15-8-32-34-20(36)17(15)23(27,28)29)9-38-16-2-3-35(21(16)37)18-13-4-11(5-14(13)18)19-30-6-12(7-31-19)22(24,25)26/h6-7,10-11,13-18,32-33H,2-5,8-9H2,1H3,(H,34,36)/t10-,11?,13-,14+,15?,16+,17?,18?/m0/s1. The molecule has 2 saturated heterocycles. The molecular formula is C23H28F6N6O3. The number of hydrazine groups is 1. The zero-order chi connectivity index (χ0) is 27.4. The Morgan fingerprint density at radius 2 is 1.79 bits per heavy atom. The largest absolute Gasteiger partial charge is 0.419 e. The molecule has 0 bridgehead atoms. The second-order valence-corrected chi connectivity index (χ2v) is 10.5. The van der Waals surface area contributed by atoms with Gasteiger partial charge in [0.05, 0.1) is 12.2 Å². The zero-order valence-corrected chi connectivity index (χ0v) is 20.4. The van der Waals surface area contributed by atoms with E-state index in [1.807, 2.05) is 5.43 Å². The summed E-state index contributed by atoms with van der Waals surface area (Å²) in [5.74, 6) is -2.70. The molecular weight excluding hydrogens is 522 g/mol. The average Bonchev–Trinajstić information content (AvgIpc) is 3.13. The minimum absolute atomic E-state index is 0.00218. The van der Waals surface area contributed by atoms with Crippen molar-refractivity contribution >= 4 is 11.8 Å². The van der Waals surface area contributed by atoms with Crippen molar-refractivity contribution in [3.63, 3.8) is 0 Å². The number of rotatable bonds is 7. The summed E-state index contributed by atoms with van der Waals surface area (Å²) >= 11 is 0. The van der Waals surface area contributed by atoms with Crippen LogP contribution in [-0.4, -0.2) is 76.8 Å². The molecule has 2 amide bonds. The second-order valence-electron chi connectivity index (χ2n) is 10.5. The number of carbonyl (C=O) groups is 2. The minimum atomic E-state index is -4.70. The Morgan fingerprint density at radius 1 is 1.13 bits per heavy atom. The molecule has 4 fully saturated rings. The summed E-state index contributed by atoms with van der Waals surface area (Å²) in [6.07, 6.45) is -6.43. The van der Waals surface area contributed by atoms with E-state index in [0.717, 1.165) is 12.4 Å². The number of ether oxygens (including phenoxy) is 1. The SMILES string of the molecule is C[C@@H](CO[C@@H]1CCN(C2[C@H]3CC(c4ncc(C(F)(F)F)cn4)C[C@@H]23)C1=O)NC1CNNC(=O)C1C(F)(F)F. The molecule has 3 N–H and O–H groups in total. The number of alkyl halides is 6. The van der Waals surface area contributed by atoms with Gasteiger partial charge in [0.15, 0.2) is 5.92 Å². The van der Waals surface area contributed by atoms with E-state index in [9.17, 15) is 35.9 Å². The van der Waals surface area contributed by atoms with Crippen LogP contribution >= 0.6 is 0 Å². The summed E-state index contributed by atoms with van der Waals surface area (Å²) < 4.78 is 84.0. The summed E-state index contributed by atoms with van der Waals surface area (Å²) in [5.41, 5.74) is 3.56. The van der Waals surface area contributed by atoms with Crippen LogP contribution in [-0.2, 0) is 20.5 Å². The molecule has 4 aliphatic rings. The molecule has 210 valence electrons. The molecule has 15 heteroatoms. The lowest BCUT2D eigenvalue weighted by atomic mass is 9.96. The fourth-order valence-corrected chi connectivity index (χ4v) is 6.13. The second kappa shape index (κ2) is 9.90. The molecule has 38 heavy (non-hydrogen) atoms. The first kappa shape index (κ1) is 27.1. The lowest BCUT2D eigenvalue weighted by Crippen LogP contribution is -2.65. The lowest BCUT2D eigenvalue weighted by Gasteiger charge is -2.35. The third-order valence-corrected chi connectivity index (χ3v) is 7.93. The fraction of sp³-hybridized carbons (Fsp3) is 0.739. The van der Waals surface area contributed by atoms with Crippen molar-refractivity contribution < 1.29 is 40.7 Å². The van der Waals surface area contributed by atoms with Gasteiger partial charge in [-0.25, -0.2) is 15.4 Å². The number of likely N-dealkylation sites (tertiary alicyclic amines) is 1. The Balaban J connectivity index is 1.08. The van der Waals surface area contributed by atoms with Gasteiger partial charge in [-0.05, 0) is 31.6 Å². The number of carbonyl (C=O) groups excluding carboxylic acids is 2. The van der Waals surface area contributed by atoms with Crippen LogP contribution in [0.5, 0.6) is 0 Å². The van der Waals surface area contributed by atoms with Gasteiger partial charge in [0.25, 0.3) is 5.91 Å². The van der Waals surface area contributed by atoms with Gasteiger partial charge < -0.3 is 15.0 Å². The van der Waals surface area contributed by atoms with E-state index in [4.69, 9.17) is 4.74 Å². The lowest BCUT2D eigenvalue weighted by molar-refractivity contribution is -0.193. The first-order chi connectivity index (χ1) is 17.8. The maximum absolute atomic E-state index is 13.3. The minimum Gasteiger partial charge on any atom is -0.367 e. The molecule has 9 nitrogen and oxygen atoms in total. The number of nitrogens with zero attached hydrogens (tertiary/aromatic N) is 3. The first-order valence-corrected chi connectivity index (χ1v) is 12.5.